The zero-order chi connectivity index (χ0) is 27.4. The molecule has 0 saturated carbocycles. The molecule has 0 spiro atoms. The summed E-state index contributed by atoms with van der Waals surface area (Å²) in [6, 6.07) is 17.3. The Morgan fingerprint density at radius 3 is 2.33 bits per heavy atom. The van der Waals surface area contributed by atoms with Crippen LogP contribution in [0.15, 0.2) is 71.5 Å². The van der Waals surface area contributed by atoms with Crippen molar-refractivity contribution in [3.8, 4) is 28.6 Å². The molecule has 1 saturated heterocycles. The van der Waals surface area contributed by atoms with Crippen LogP contribution in [0, 0.1) is 11.3 Å². The maximum Gasteiger partial charge on any atom is 0.310 e. The lowest BCUT2D eigenvalue weighted by molar-refractivity contribution is -0.152. The van der Waals surface area contributed by atoms with Gasteiger partial charge in [-0.2, -0.15) is 4.98 Å². The van der Waals surface area contributed by atoms with Crippen molar-refractivity contribution in [3.05, 3.63) is 83.7 Å². The number of piperidine rings is 1. The second kappa shape index (κ2) is 11.4. The van der Waals surface area contributed by atoms with E-state index in [1.165, 1.54) is 0 Å². The number of aliphatic carboxylic acids is 1. The van der Waals surface area contributed by atoms with Gasteiger partial charge in [0.25, 0.3) is 5.89 Å². The summed E-state index contributed by atoms with van der Waals surface area (Å²) < 4.78 is 5.48. The summed E-state index contributed by atoms with van der Waals surface area (Å²) in [4.78, 5) is 23.1. The highest BCUT2D eigenvalue weighted by Gasteiger charge is 2.41. The lowest BCUT2D eigenvalue weighted by Gasteiger charge is -2.39. The van der Waals surface area contributed by atoms with Crippen molar-refractivity contribution in [2.45, 2.75) is 46.1 Å². The van der Waals surface area contributed by atoms with Crippen LogP contribution < -0.4 is 0 Å². The van der Waals surface area contributed by atoms with E-state index >= 15 is 0 Å². The summed E-state index contributed by atoms with van der Waals surface area (Å²) in [5.74, 6) is 0.820. The molecule has 39 heavy (non-hydrogen) atoms. The van der Waals surface area contributed by atoms with Gasteiger partial charge in [0.15, 0.2) is 0 Å². The number of aromatic nitrogens is 3. The van der Waals surface area contributed by atoms with E-state index in [-0.39, 0.29) is 5.75 Å². The van der Waals surface area contributed by atoms with E-state index in [1.54, 1.807) is 18.5 Å². The predicted molar refractivity (Wildman–Crippen MR) is 148 cm³/mol. The zero-order valence-electron chi connectivity index (χ0n) is 22.4. The summed E-state index contributed by atoms with van der Waals surface area (Å²) in [5.41, 5.74) is 3.85. The molecule has 0 bridgehead atoms. The number of hydrogen-bond donors (Lipinski definition) is 2. The number of phenols is 1. The molecule has 0 radical (unpaired) electrons. The molecular weight excluding hydrogens is 492 g/mol. The van der Waals surface area contributed by atoms with Crippen molar-refractivity contribution >= 4 is 5.97 Å². The molecule has 1 fully saturated rings. The average Bonchev–Trinajstić information content (AvgIpc) is 3.42. The Bertz CT molecular complexity index is 1410. The number of benzene rings is 2. The minimum atomic E-state index is -0.733. The standard InChI is InChI=1S/C31H34N4O4/c1-21(2)17-25-7-8-26(18-27(25)36)29-33-28(34-39-29)24-5-3-23(4-6-24)20-35-15-11-31(12-16-35,30(37)38)19-22-9-13-32-14-10-22/h3-10,13-14,18,21,36H,11-12,15-17,19-20H2,1-2H3,(H,37,38). The molecule has 2 aromatic carbocycles. The van der Waals surface area contributed by atoms with Crippen molar-refractivity contribution in [2.24, 2.45) is 11.3 Å². The molecule has 2 N–H and O–H groups in total. The van der Waals surface area contributed by atoms with Crippen LogP contribution in [-0.4, -0.2) is 49.3 Å². The predicted octanol–water partition coefficient (Wildman–Crippen LogP) is 5.61. The molecule has 5 rings (SSSR count). The van der Waals surface area contributed by atoms with Gasteiger partial charge in [0, 0.05) is 30.1 Å². The second-order valence-electron chi connectivity index (χ2n) is 11.0. The number of carbonyl (C=O) groups is 1. The van der Waals surface area contributed by atoms with Crippen LogP contribution in [0.4, 0.5) is 0 Å². The number of hydrogen-bond acceptors (Lipinski definition) is 7. The molecule has 8 heteroatoms. The van der Waals surface area contributed by atoms with Gasteiger partial charge >= 0.3 is 5.97 Å². The Hall–Kier alpha value is -4.04. The van der Waals surface area contributed by atoms with E-state index in [0.29, 0.717) is 42.5 Å². The van der Waals surface area contributed by atoms with Gasteiger partial charge in [0.1, 0.15) is 5.75 Å². The van der Waals surface area contributed by atoms with Gasteiger partial charge in [-0.05, 0) is 85.6 Å². The quantitative estimate of drug-likeness (QED) is 0.289. The van der Waals surface area contributed by atoms with Crippen molar-refractivity contribution in [1.82, 2.24) is 20.0 Å². The highest BCUT2D eigenvalue weighted by atomic mass is 16.5. The van der Waals surface area contributed by atoms with Crippen LogP contribution in [0.2, 0.25) is 0 Å². The SMILES string of the molecule is CC(C)Cc1ccc(-c2nc(-c3ccc(CN4CCC(Cc5ccncc5)(C(=O)O)CC4)cc3)no2)cc1O. The van der Waals surface area contributed by atoms with Crippen LogP contribution in [0.25, 0.3) is 22.8 Å². The largest absolute Gasteiger partial charge is 0.508 e. The maximum atomic E-state index is 12.2. The number of carboxylic acid groups (broad SMARTS) is 1. The Morgan fingerprint density at radius 1 is 1.00 bits per heavy atom. The zero-order valence-corrected chi connectivity index (χ0v) is 22.4. The normalized spacial score (nSPS) is 15.5. The van der Waals surface area contributed by atoms with Crippen molar-refractivity contribution in [1.29, 1.82) is 0 Å². The van der Waals surface area contributed by atoms with Gasteiger partial charge in [-0.3, -0.25) is 14.7 Å². The Kier molecular flexibility index (Phi) is 7.74. The van der Waals surface area contributed by atoms with Crippen molar-refractivity contribution < 1.29 is 19.5 Å². The summed E-state index contributed by atoms with van der Waals surface area (Å²) in [7, 11) is 0. The number of carboxylic acids is 1. The number of nitrogens with zero attached hydrogens (tertiary/aromatic N) is 4. The summed E-state index contributed by atoms with van der Waals surface area (Å²) in [6.07, 6.45) is 5.99. The van der Waals surface area contributed by atoms with Gasteiger partial charge in [-0.15, -0.1) is 0 Å². The molecule has 8 nitrogen and oxygen atoms in total. The number of phenolic OH excluding ortho intramolecular Hbond substituents is 1. The van der Waals surface area contributed by atoms with E-state index < -0.39 is 11.4 Å². The molecule has 0 aliphatic carbocycles. The molecule has 4 aromatic rings. The van der Waals surface area contributed by atoms with Gasteiger partial charge in [-0.1, -0.05) is 49.3 Å². The molecule has 202 valence electrons. The number of rotatable bonds is 9. The molecule has 3 heterocycles. The minimum absolute atomic E-state index is 0.237. The lowest BCUT2D eigenvalue weighted by Crippen LogP contribution is -2.45. The Morgan fingerprint density at radius 2 is 1.69 bits per heavy atom. The minimum Gasteiger partial charge on any atom is -0.508 e. The van der Waals surface area contributed by atoms with Crippen LogP contribution in [0.5, 0.6) is 5.75 Å². The molecule has 0 amide bonds. The molecule has 1 aliphatic rings. The molecule has 1 aliphatic heterocycles. The lowest BCUT2D eigenvalue weighted by atomic mass is 9.74. The Labute approximate surface area is 228 Å². The van der Waals surface area contributed by atoms with Gasteiger partial charge < -0.3 is 14.7 Å². The summed E-state index contributed by atoms with van der Waals surface area (Å²) in [6.45, 7) is 6.45. The fraction of sp³-hybridized carbons (Fsp3) is 0.355. The van der Waals surface area contributed by atoms with Gasteiger partial charge in [-0.25, -0.2) is 0 Å². The monoisotopic (exact) mass is 526 g/mol. The second-order valence-corrected chi connectivity index (χ2v) is 11.0. The van der Waals surface area contributed by atoms with E-state index in [2.05, 4.69) is 33.9 Å². The van der Waals surface area contributed by atoms with E-state index in [4.69, 9.17) is 4.52 Å². The smallest absolute Gasteiger partial charge is 0.310 e. The Balaban J connectivity index is 1.20. The average molecular weight is 527 g/mol. The first kappa shape index (κ1) is 26.6. The molecule has 0 atom stereocenters. The first-order valence-corrected chi connectivity index (χ1v) is 13.4. The van der Waals surface area contributed by atoms with Crippen molar-refractivity contribution in [2.75, 3.05) is 13.1 Å². The fourth-order valence-electron chi connectivity index (χ4n) is 5.28. The summed E-state index contributed by atoms with van der Waals surface area (Å²) in [5, 5.41) is 24.6. The van der Waals surface area contributed by atoms with Crippen molar-refractivity contribution in [3.63, 3.8) is 0 Å². The van der Waals surface area contributed by atoms with Crippen LogP contribution >= 0.6 is 0 Å². The van der Waals surface area contributed by atoms with Crippen LogP contribution in [0.3, 0.4) is 0 Å². The van der Waals surface area contributed by atoms with Gasteiger partial charge in [0.05, 0.1) is 5.41 Å². The highest BCUT2D eigenvalue weighted by molar-refractivity contribution is 5.75. The highest BCUT2D eigenvalue weighted by Crippen LogP contribution is 2.36. The summed E-state index contributed by atoms with van der Waals surface area (Å²) >= 11 is 0. The third-order valence-corrected chi connectivity index (χ3v) is 7.56. The van der Waals surface area contributed by atoms with Crippen LogP contribution in [0.1, 0.15) is 43.4 Å². The third kappa shape index (κ3) is 6.17. The fourth-order valence-corrected chi connectivity index (χ4v) is 5.28. The first-order valence-electron chi connectivity index (χ1n) is 13.4. The number of pyridine rings is 1. The first-order chi connectivity index (χ1) is 18.8. The molecule has 2 aromatic heterocycles. The van der Waals surface area contributed by atoms with E-state index in [1.807, 2.05) is 48.5 Å². The third-order valence-electron chi connectivity index (χ3n) is 7.56. The van der Waals surface area contributed by atoms with Crippen LogP contribution in [-0.2, 0) is 24.2 Å². The van der Waals surface area contributed by atoms with Gasteiger partial charge in [0.2, 0.25) is 5.82 Å². The van der Waals surface area contributed by atoms with E-state index in [9.17, 15) is 15.0 Å². The molecule has 0 unspecified atom stereocenters. The number of likely N-dealkylation sites (tertiary alicyclic amines) is 1. The van der Waals surface area contributed by atoms with E-state index in [0.717, 1.165) is 48.3 Å². The topological polar surface area (TPSA) is 113 Å². The maximum absolute atomic E-state index is 12.2. The molecular formula is C31H34N4O4. The number of aromatic hydroxyl groups is 1.